The number of hydrogen-bond donors (Lipinski definition) is 4. The first kappa shape index (κ1) is 65.8. The minimum absolute atomic E-state index is 0.0696. The Morgan fingerprint density at radius 1 is 0.779 bits per heavy atom. The summed E-state index contributed by atoms with van der Waals surface area (Å²) in [6.07, 6.45) is -2.85. The molecule has 0 bridgehead atoms. The van der Waals surface area contributed by atoms with Crippen LogP contribution in [0.4, 0.5) is 24.5 Å². The highest BCUT2D eigenvalue weighted by Crippen LogP contribution is 2.40. The van der Waals surface area contributed by atoms with Gasteiger partial charge in [0.15, 0.2) is 5.82 Å². The number of nitrogens with one attached hydrogen (secondary N) is 4. The van der Waals surface area contributed by atoms with E-state index >= 15 is 0 Å². The van der Waals surface area contributed by atoms with Crippen molar-refractivity contribution in [1.29, 1.82) is 0 Å². The van der Waals surface area contributed by atoms with E-state index < -0.39 is 25.9 Å². The molecule has 3 aromatic carbocycles. The van der Waals surface area contributed by atoms with Crippen LogP contribution in [0, 0.1) is 32.6 Å². The second kappa shape index (κ2) is 32.2. The Balaban J connectivity index is 0.602. The number of hydrogen-bond acceptors (Lipinski definition) is 16. The molecule has 2 aliphatic heterocycles. The van der Waals surface area contributed by atoms with Crippen LogP contribution in [0.25, 0.3) is 15.9 Å². The van der Waals surface area contributed by atoms with Gasteiger partial charge in [-0.15, -0.1) is 21.5 Å². The van der Waals surface area contributed by atoms with Gasteiger partial charge < -0.3 is 58.8 Å². The quantitative estimate of drug-likeness (QED) is 0.0178. The van der Waals surface area contributed by atoms with Crippen LogP contribution in [-0.4, -0.2) is 186 Å². The molecule has 1 fully saturated rings. The first-order valence-corrected chi connectivity index (χ1v) is 32.6. The molecule has 0 radical (unpaired) electrons. The molecule has 3 aromatic heterocycles. The average molecular weight is 1250 g/mol. The number of thiophene rings is 1. The smallest absolute Gasteiger partial charge is 0.382 e. The van der Waals surface area contributed by atoms with Gasteiger partial charge in [0.25, 0.3) is 0 Å². The zero-order valence-corrected chi connectivity index (χ0v) is 51.8. The minimum atomic E-state index is -4.45. The van der Waals surface area contributed by atoms with Gasteiger partial charge in [-0.3, -0.25) is 24.0 Å². The zero-order chi connectivity index (χ0) is 61.1. The number of piperidine rings is 1. The lowest BCUT2D eigenvalue weighted by Gasteiger charge is -2.32. The molecule has 5 heterocycles. The molecule has 2 aliphatic rings. The number of amides is 2. The Morgan fingerprint density at radius 3 is 1.97 bits per heavy atom. The molecule has 25 heteroatoms. The predicted molar refractivity (Wildman–Crippen MR) is 331 cm³/mol. The van der Waals surface area contributed by atoms with Gasteiger partial charge in [0.05, 0.1) is 116 Å². The number of nitrogens with zero attached hydrogens (tertiary/aromatic N) is 6. The number of aliphatic imine (C=N–C) groups is 1. The highest BCUT2D eigenvalue weighted by Gasteiger charge is 2.33. The molecule has 8 rings (SSSR count). The van der Waals surface area contributed by atoms with E-state index in [4.69, 9.17) is 45.0 Å². The number of aromatic nitrogens is 4. The first-order chi connectivity index (χ1) is 41.4. The van der Waals surface area contributed by atoms with Crippen molar-refractivity contribution in [1.82, 2.24) is 34.9 Å². The number of likely N-dealkylation sites (tertiary alicyclic amines) is 1. The van der Waals surface area contributed by atoms with Crippen molar-refractivity contribution in [3.05, 3.63) is 117 Å². The number of alkyl halides is 3. The molecule has 19 nitrogen and oxygen atoms in total. The fourth-order valence-electron chi connectivity index (χ4n) is 9.90. The van der Waals surface area contributed by atoms with E-state index in [0.29, 0.717) is 127 Å². The lowest BCUT2D eigenvalue weighted by molar-refractivity contribution is -0.140. The first-order valence-electron chi connectivity index (χ1n) is 28.8. The third kappa shape index (κ3) is 19.4. The molecule has 464 valence electrons. The molecule has 2 amide bonds. The molecule has 1 saturated heterocycles. The van der Waals surface area contributed by atoms with Gasteiger partial charge >= 0.3 is 6.18 Å². The fraction of sp³-hybridized carbons (Fsp3) is 0.492. The van der Waals surface area contributed by atoms with Crippen LogP contribution in [0.3, 0.4) is 0 Å². The van der Waals surface area contributed by atoms with E-state index in [9.17, 15) is 27.3 Å². The van der Waals surface area contributed by atoms with E-state index in [2.05, 4.69) is 62.1 Å². The van der Waals surface area contributed by atoms with E-state index in [0.717, 1.165) is 62.7 Å². The van der Waals surface area contributed by atoms with Crippen molar-refractivity contribution in [2.24, 2.45) is 4.99 Å². The van der Waals surface area contributed by atoms with Crippen LogP contribution in [0.1, 0.15) is 64.2 Å². The van der Waals surface area contributed by atoms with Gasteiger partial charge in [0.2, 0.25) is 11.8 Å². The van der Waals surface area contributed by atoms with E-state index in [1.807, 2.05) is 54.0 Å². The Hall–Kier alpha value is -6.16. The van der Waals surface area contributed by atoms with Crippen molar-refractivity contribution >= 4 is 75.2 Å². The topological polar surface area (TPSA) is 206 Å². The van der Waals surface area contributed by atoms with Gasteiger partial charge in [0.1, 0.15) is 30.6 Å². The van der Waals surface area contributed by atoms with Crippen LogP contribution in [0.5, 0.6) is 0 Å². The Morgan fingerprint density at radius 2 is 1.37 bits per heavy atom. The summed E-state index contributed by atoms with van der Waals surface area (Å²) in [5, 5.41) is 24.5. The maximum Gasteiger partial charge on any atom is 0.406 e. The minimum Gasteiger partial charge on any atom is -0.382 e. The normalized spacial score (nSPS) is 14.7. The van der Waals surface area contributed by atoms with Gasteiger partial charge in [0, 0.05) is 75.3 Å². The molecule has 6 aromatic rings. The summed E-state index contributed by atoms with van der Waals surface area (Å²) in [5.74, 6) is 7.00. The summed E-state index contributed by atoms with van der Waals surface area (Å²) in [5.41, 5.74) is 6.04. The maximum atomic E-state index is 13.8. The fourth-order valence-corrected chi connectivity index (χ4v) is 12.1. The SMILES string of the molecule is Cc1sc2c(c1C)C(c1ccc(Cl)cc1)=N[C@@H](CC(=O)NCCOCCOCCOCCOCCOCCOCCNC(=O)CN1CCC(Nc3cccc4c3cc(C#CCNc3ccc(P(C)(C)=O)cc3)n4CC(F)(F)F)CC1)c1nnc(C)n1-2. The number of anilines is 2. The van der Waals surface area contributed by atoms with Crippen LogP contribution < -0.4 is 26.6 Å². The highest BCUT2D eigenvalue weighted by molar-refractivity contribution is 7.70. The Kier molecular flexibility index (Phi) is 24.6. The summed E-state index contributed by atoms with van der Waals surface area (Å²) in [4.78, 5) is 34.4. The van der Waals surface area contributed by atoms with E-state index in [1.54, 1.807) is 55.0 Å². The molecule has 1 atom stereocenters. The second-order valence-electron chi connectivity index (χ2n) is 21.2. The van der Waals surface area contributed by atoms with Crippen molar-refractivity contribution in [3.8, 4) is 16.8 Å². The van der Waals surface area contributed by atoms with Crippen LogP contribution in [0.2, 0.25) is 5.02 Å². The van der Waals surface area contributed by atoms with Gasteiger partial charge in [-0.25, -0.2) is 0 Å². The van der Waals surface area contributed by atoms with Crippen LogP contribution in [0.15, 0.2) is 77.8 Å². The molecular weight excluding hydrogens is 1170 g/mol. The summed E-state index contributed by atoms with van der Waals surface area (Å²) >= 11 is 7.89. The number of carbonyl (C=O) groups is 2. The number of fused-ring (bicyclic) bond motifs is 4. The molecule has 0 aliphatic carbocycles. The van der Waals surface area contributed by atoms with Crippen molar-refractivity contribution < 1.29 is 55.7 Å². The number of aryl methyl sites for hydroxylation is 2. The summed E-state index contributed by atoms with van der Waals surface area (Å²) < 4.78 is 90.7. The van der Waals surface area contributed by atoms with Crippen molar-refractivity contribution in [3.63, 3.8) is 0 Å². The lowest BCUT2D eigenvalue weighted by atomic mass is 9.99. The second-order valence-corrected chi connectivity index (χ2v) is 26.1. The Bertz CT molecular complexity index is 3330. The molecule has 0 unspecified atom stereocenters. The van der Waals surface area contributed by atoms with Gasteiger partial charge in [-0.05, 0) is 113 Å². The van der Waals surface area contributed by atoms with Crippen molar-refractivity contribution in [2.45, 2.75) is 64.8 Å². The zero-order valence-electron chi connectivity index (χ0n) is 49.4. The number of benzene rings is 3. The highest BCUT2D eigenvalue weighted by atomic mass is 35.5. The standard InChI is InChI=1S/C61H77ClF3N10O9PS/c1-42-43(2)86-60-57(42)58(45-11-13-46(62)14-12-45)70-53(59-72-71-44(3)75(59)60)39-55(76)67-22-26-79-28-30-81-32-34-83-36-37-84-35-33-82-31-29-80-27-23-68-56(77)40-73-24-19-48(20-25-73)69-52-9-6-10-54-51(52)38-49(74(54)41-61(63,64)65)8-7-21-66-47-15-17-50(18-16-47)85(4,5)78/h6,9-18,38,48,53,66,69H,19-37,39-41H2,1-5H3,(H,67,76)(H,68,77)/t53-/m0/s1. The van der Waals surface area contributed by atoms with Crippen LogP contribution in [-0.2, 0) is 49.1 Å². The maximum absolute atomic E-state index is 13.8. The monoisotopic (exact) mass is 1250 g/mol. The predicted octanol–water partition coefficient (Wildman–Crippen LogP) is 8.33. The number of rotatable bonds is 32. The van der Waals surface area contributed by atoms with Crippen LogP contribution >= 0.6 is 30.1 Å². The van der Waals surface area contributed by atoms with E-state index in [-0.39, 0.29) is 43.1 Å². The molecule has 4 N–H and O–H groups in total. The third-order valence-corrected chi connectivity index (χ3v) is 17.4. The van der Waals surface area contributed by atoms with Gasteiger partial charge in [-0.2, -0.15) is 13.2 Å². The van der Waals surface area contributed by atoms with Gasteiger partial charge in [-0.1, -0.05) is 35.7 Å². The number of carbonyl (C=O) groups excluding carboxylic acids is 2. The number of halogens is 4. The summed E-state index contributed by atoms with van der Waals surface area (Å²) in [6, 6.07) is 21.3. The number of ether oxygens (including phenoxy) is 6. The largest absolute Gasteiger partial charge is 0.406 e. The molecule has 0 saturated carbocycles. The summed E-state index contributed by atoms with van der Waals surface area (Å²) in [7, 11) is -2.39. The summed E-state index contributed by atoms with van der Waals surface area (Å²) in [6.45, 7) is 15.5. The average Bonchev–Trinajstić information content (AvgIpc) is 1.71. The van der Waals surface area contributed by atoms with E-state index in [1.165, 1.54) is 9.44 Å². The molecule has 0 spiro atoms. The third-order valence-electron chi connectivity index (χ3n) is 14.4. The van der Waals surface area contributed by atoms with Crippen molar-refractivity contribution in [2.75, 3.05) is 143 Å². The molecule has 86 heavy (non-hydrogen) atoms. The molecular formula is C61H77ClF3N10O9PS. The Labute approximate surface area is 509 Å². The lowest BCUT2D eigenvalue weighted by Crippen LogP contribution is -2.44.